The topological polar surface area (TPSA) is 49.8 Å². The van der Waals surface area contributed by atoms with E-state index < -0.39 is 5.60 Å². The van der Waals surface area contributed by atoms with Gasteiger partial charge >= 0.3 is 0 Å². The van der Waals surface area contributed by atoms with E-state index in [1.54, 1.807) is 14.0 Å². The number of hydrogen-bond donors (Lipinski definition) is 1. The fraction of sp³-hybridized carbons (Fsp3) is 0.588. The van der Waals surface area contributed by atoms with Crippen molar-refractivity contribution in [3.05, 3.63) is 29.8 Å². The molecule has 4 heteroatoms. The molecule has 0 spiro atoms. The number of hydrogen-bond acceptors (Lipinski definition) is 3. The SMILES string of the molecule is COc1ccccc1[C@]1(O)CCC[C@H]2CN(C(C)=O)C[C@H]21. The van der Waals surface area contributed by atoms with Gasteiger partial charge in [0.15, 0.2) is 0 Å². The summed E-state index contributed by atoms with van der Waals surface area (Å²) in [6, 6.07) is 7.71. The second kappa shape index (κ2) is 5.34. The van der Waals surface area contributed by atoms with Crippen LogP contribution in [0.15, 0.2) is 24.3 Å². The van der Waals surface area contributed by atoms with Crippen LogP contribution in [0, 0.1) is 11.8 Å². The van der Waals surface area contributed by atoms with Crippen LogP contribution in [0.25, 0.3) is 0 Å². The molecule has 2 aliphatic rings. The summed E-state index contributed by atoms with van der Waals surface area (Å²) in [7, 11) is 1.64. The van der Waals surface area contributed by atoms with Gasteiger partial charge in [-0.05, 0) is 31.2 Å². The molecule has 0 unspecified atom stereocenters. The number of likely N-dealkylation sites (tertiary alicyclic amines) is 1. The first-order chi connectivity index (χ1) is 10.1. The summed E-state index contributed by atoms with van der Waals surface area (Å²) in [4.78, 5) is 13.6. The van der Waals surface area contributed by atoms with Gasteiger partial charge in [0.25, 0.3) is 0 Å². The second-order valence-corrected chi connectivity index (χ2v) is 6.31. The smallest absolute Gasteiger partial charge is 0.219 e. The maximum atomic E-state index is 11.7. The van der Waals surface area contributed by atoms with Gasteiger partial charge in [0.05, 0.1) is 12.7 Å². The molecular weight excluding hydrogens is 266 g/mol. The molecule has 4 nitrogen and oxygen atoms in total. The van der Waals surface area contributed by atoms with Crippen LogP contribution in [-0.2, 0) is 10.4 Å². The quantitative estimate of drug-likeness (QED) is 0.907. The number of benzene rings is 1. The Kier molecular flexibility index (Phi) is 3.66. The molecule has 0 radical (unpaired) electrons. The highest BCUT2D eigenvalue weighted by atomic mass is 16.5. The average molecular weight is 289 g/mol. The van der Waals surface area contributed by atoms with Crippen molar-refractivity contribution in [1.29, 1.82) is 0 Å². The van der Waals surface area contributed by atoms with Gasteiger partial charge < -0.3 is 14.7 Å². The van der Waals surface area contributed by atoms with Crippen LogP contribution >= 0.6 is 0 Å². The monoisotopic (exact) mass is 289 g/mol. The lowest BCUT2D eigenvalue weighted by molar-refractivity contribution is -0.128. The van der Waals surface area contributed by atoms with Crippen molar-refractivity contribution in [1.82, 2.24) is 4.90 Å². The van der Waals surface area contributed by atoms with Crippen molar-refractivity contribution in [3.8, 4) is 5.75 Å². The first-order valence-corrected chi connectivity index (χ1v) is 7.67. The largest absolute Gasteiger partial charge is 0.496 e. The molecule has 1 N–H and O–H groups in total. The zero-order chi connectivity index (χ0) is 15.0. The van der Waals surface area contributed by atoms with Gasteiger partial charge in [0, 0.05) is 31.5 Å². The van der Waals surface area contributed by atoms with E-state index in [0.717, 1.165) is 37.1 Å². The Morgan fingerprint density at radius 3 is 2.86 bits per heavy atom. The van der Waals surface area contributed by atoms with Crippen molar-refractivity contribution in [2.45, 2.75) is 31.8 Å². The third-order valence-electron chi connectivity index (χ3n) is 5.21. The third-order valence-corrected chi connectivity index (χ3v) is 5.21. The highest BCUT2D eigenvalue weighted by Crippen LogP contribution is 2.50. The number of para-hydroxylation sites is 1. The predicted octanol–water partition coefficient (Wildman–Crippen LogP) is 2.16. The van der Waals surface area contributed by atoms with E-state index in [2.05, 4.69) is 0 Å². The van der Waals surface area contributed by atoms with E-state index in [1.165, 1.54) is 0 Å². The maximum Gasteiger partial charge on any atom is 0.219 e. The molecule has 1 aliphatic carbocycles. The molecule has 1 amide bonds. The van der Waals surface area contributed by atoms with Crippen LogP contribution in [0.1, 0.15) is 31.7 Å². The normalized spacial score (nSPS) is 31.9. The van der Waals surface area contributed by atoms with Crippen molar-refractivity contribution < 1.29 is 14.6 Å². The average Bonchev–Trinajstić information content (AvgIpc) is 2.93. The van der Waals surface area contributed by atoms with Crippen LogP contribution in [0.2, 0.25) is 0 Å². The maximum absolute atomic E-state index is 11.7. The second-order valence-electron chi connectivity index (χ2n) is 6.31. The summed E-state index contributed by atoms with van der Waals surface area (Å²) in [5, 5.41) is 11.4. The fourth-order valence-electron chi connectivity index (χ4n) is 4.12. The minimum Gasteiger partial charge on any atom is -0.496 e. The molecule has 114 valence electrons. The van der Waals surface area contributed by atoms with Crippen LogP contribution in [-0.4, -0.2) is 36.1 Å². The molecule has 3 rings (SSSR count). The van der Waals surface area contributed by atoms with E-state index >= 15 is 0 Å². The van der Waals surface area contributed by atoms with E-state index in [1.807, 2.05) is 29.2 Å². The standard InChI is InChI=1S/C17H23NO3/c1-12(19)18-10-13-6-5-9-17(20,15(13)11-18)14-7-3-4-8-16(14)21-2/h3-4,7-8,13,15,20H,5-6,9-11H2,1-2H3/t13-,15+,17+/m0/s1. The predicted molar refractivity (Wildman–Crippen MR) is 80.0 cm³/mol. The highest BCUT2D eigenvalue weighted by molar-refractivity contribution is 5.73. The highest BCUT2D eigenvalue weighted by Gasteiger charge is 2.51. The first kappa shape index (κ1) is 14.4. The number of ether oxygens (including phenoxy) is 1. The molecule has 1 heterocycles. The summed E-state index contributed by atoms with van der Waals surface area (Å²) < 4.78 is 5.45. The van der Waals surface area contributed by atoms with Crippen molar-refractivity contribution in [2.75, 3.05) is 20.2 Å². The van der Waals surface area contributed by atoms with E-state index in [9.17, 15) is 9.90 Å². The molecule has 0 aromatic heterocycles. The number of aliphatic hydroxyl groups is 1. The van der Waals surface area contributed by atoms with Crippen molar-refractivity contribution >= 4 is 5.91 Å². The van der Waals surface area contributed by atoms with Gasteiger partial charge in [0.2, 0.25) is 5.91 Å². The summed E-state index contributed by atoms with van der Waals surface area (Å²) in [6.45, 7) is 3.03. The Hall–Kier alpha value is -1.55. The summed E-state index contributed by atoms with van der Waals surface area (Å²) in [5.74, 6) is 1.33. The Labute approximate surface area is 125 Å². The van der Waals surface area contributed by atoms with Gasteiger partial charge in [0.1, 0.15) is 5.75 Å². The van der Waals surface area contributed by atoms with Gasteiger partial charge in [-0.2, -0.15) is 0 Å². The number of carbonyl (C=O) groups is 1. The Morgan fingerprint density at radius 2 is 2.14 bits per heavy atom. The Bertz CT molecular complexity index is 545. The van der Waals surface area contributed by atoms with Gasteiger partial charge in [-0.1, -0.05) is 18.2 Å². The summed E-state index contributed by atoms with van der Waals surface area (Å²) in [6.07, 6.45) is 2.81. The number of nitrogens with zero attached hydrogens (tertiary/aromatic N) is 1. The van der Waals surface area contributed by atoms with Crippen LogP contribution in [0.4, 0.5) is 0 Å². The molecule has 0 bridgehead atoms. The first-order valence-electron chi connectivity index (χ1n) is 7.67. The minimum absolute atomic E-state index is 0.103. The third kappa shape index (κ3) is 2.31. The number of rotatable bonds is 2. The molecular formula is C17H23NO3. The number of carbonyl (C=O) groups excluding carboxylic acids is 1. The molecule has 21 heavy (non-hydrogen) atoms. The number of methoxy groups -OCH3 is 1. The number of fused-ring (bicyclic) bond motifs is 1. The Balaban J connectivity index is 1.97. The van der Waals surface area contributed by atoms with Gasteiger partial charge in [-0.3, -0.25) is 4.79 Å². The van der Waals surface area contributed by atoms with E-state index in [4.69, 9.17) is 4.74 Å². The summed E-state index contributed by atoms with van der Waals surface area (Å²) >= 11 is 0. The molecule has 1 saturated carbocycles. The van der Waals surface area contributed by atoms with Crippen molar-refractivity contribution in [3.63, 3.8) is 0 Å². The zero-order valence-electron chi connectivity index (χ0n) is 12.7. The van der Waals surface area contributed by atoms with E-state index in [0.29, 0.717) is 12.5 Å². The minimum atomic E-state index is -0.889. The molecule has 1 aliphatic heterocycles. The van der Waals surface area contributed by atoms with Crippen LogP contribution in [0.3, 0.4) is 0 Å². The molecule has 1 saturated heterocycles. The lowest BCUT2D eigenvalue weighted by Gasteiger charge is -2.41. The van der Waals surface area contributed by atoms with Crippen molar-refractivity contribution in [2.24, 2.45) is 11.8 Å². The lowest BCUT2D eigenvalue weighted by atomic mass is 9.67. The van der Waals surface area contributed by atoms with E-state index in [-0.39, 0.29) is 11.8 Å². The fourth-order valence-corrected chi connectivity index (χ4v) is 4.12. The Morgan fingerprint density at radius 1 is 1.38 bits per heavy atom. The summed E-state index contributed by atoms with van der Waals surface area (Å²) in [5.41, 5.74) is -0.0210. The van der Waals surface area contributed by atoms with Gasteiger partial charge in [-0.25, -0.2) is 0 Å². The van der Waals surface area contributed by atoms with Crippen LogP contribution < -0.4 is 4.74 Å². The van der Waals surface area contributed by atoms with Gasteiger partial charge in [-0.15, -0.1) is 0 Å². The molecule has 1 aromatic rings. The lowest BCUT2D eigenvalue weighted by Crippen LogP contribution is -2.43. The molecule has 2 fully saturated rings. The molecule has 1 aromatic carbocycles. The molecule has 3 atom stereocenters. The zero-order valence-corrected chi connectivity index (χ0v) is 12.7. The number of amides is 1. The van der Waals surface area contributed by atoms with Crippen LogP contribution in [0.5, 0.6) is 5.75 Å².